The van der Waals surface area contributed by atoms with Crippen molar-refractivity contribution in [2.45, 2.75) is 31.2 Å². The van der Waals surface area contributed by atoms with Gasteiger partial charge in [-0.15, -0.1) is 0 Å². The van der Waals surface area contributed by atoms with Crippen molar-refractivity contribution < 1.29 is 17.6 Å². The number of para-hydroxylation sites is 1. The van der Waals surface area contributed by atoms with Gasteiger partial charge in [-0.05, 0) is 30.2 Å². The zero-order valence-corrected chi connectivity index (χ0v) is 19.0. The second kappa shape index (κ2) is 8.90. The van der Waals surface area contributed by atoms with Crippen LogP contribution in [-0.4, -0.2) is 57.3 Å². The van der Waals surface area contributed by atoms with Crippen LogP contribution in [0.2, 0.25) is 0 Å². The normalized spacial score (nSPS) is 20.5. The number of carbonyl (C=O) groups excluding carboxylic acids is 1. The van der Waals surface area contributed by atoms with Crippen molar-refractivity contribution in [3.63, 3.8) is 0 Å². The molecule has 1 saturated heterocycles. The molecule has 7 nitrogen and oxygen atoms in total. The second-order valence-electron chi connectivity index (χ2n) is 8.17. The molecule has 1 N–H and O–H groups in total. The molecular weight excluding hydrogens is 431 g/mol. The number of nitrogens with zero attached hydrogens (tertiary/aromatic N) is 3. The Morgan fingerprint density at radius 3 is 2.44 bits per heavy atom. The zero-order chi connectivity index (χ0) is 22.9. The van der Waals surface area contributed by atoms with E-state index in [1.165, 1.54) is 12.1 Å². The molecule has 2 heterocycles. The minimum Gasteiger partial charge on any atom is -0.366 e. The molecule has 170 valence electrons. The lowest BCUT2D eigenvalue weighted by atomic mass is 9.97. The molecule has 4 rings (SSSR count). The minimum absolute atomic E-state index is 0.0723. The molecule has 0 unspecified atom stereocenters. The summed E-state index contributed by atoms with van der Waals surface area (Å²) < 4.78 is 41.5. The van der Waals surface area contributed by atoms with Crippen molar-refractivity contribution in [1.29, 1.82) is 0 Å². The Bertz CT molecular complexity index is 1140. The van der Waals surface area contributed by atoms with Crippen LogP contribution in [0.25, 0.3) is 0 Å². The van der Waals surface area contributed by atoms with Crippen molar-refractivity contribution in [1.82, 2.24) is 9.62 Å². The van der Waals surface area contributed by atoms with Gasteiger partial charge in [0.2, 0.25) is 5.91 Å². The minimum atomic E-state index is -3.67. The first-order chi connectivity index (χ1) is 15.3. The number of sulfonamides is 1. The fraction of sp³-hybridized carbons (Fsp3) is 0.391. The average molecular weight is 459 g/mol. The largest absolute Gasteiger partial charge is 0.366 e. The molecule has 2 aromatic carbocycles. The van der Waals surface area contributed by atoms with E-state index >= 15 is 0 Å². The summed E-state index contributed by atoms with van der Waals surface area (Å²) in [4.78, 5) is 21.9. The molecule has 0 aromatic heterocycles. The summed E-state index contributed by atoms with van der Waals surface area (Å²) in [5, 5.41) is 0. The van der Waals surface area contributed by atoms with Crippen LogP contribution in [0.1, 0.15) is 25.8 Å². The molecule has 2 atom stereocenters. The number of nitrogens with one attached hydrogen (secondary N) is 1. The maximum atomic E-state index is 14.1. The van der Waals surface area contributed by atoms with Gasteiger partial charge in [0.25, 0.3) is 10.0 Å². The lowest BCUT2D eigenvalue weighted by Crippen LogP contribution is -2.52. The van der Waals surface area contributed by atoms with Gasteiger partial charge >= 0.3 is 0 Å². The van der Waals surface area contributed by atoms with Crippen LogP contribution >= 0.6 is 0 Å². The number of benzene rings is 2. The van der Waals surface area contributed by atoms with Crippen molar-refractivity contribution in [2.24, 2.45) is 10.9 Å². The number of carbonyl (C=O) groups is 1. The first-order valence-electron chi connectivity index (χ1n) is 10.8. The number of anilines is 1. The van der Waals surface area contributed by atoms with Gasteiger partial charge in [0.05, 0.1) is 10.6 Å². The molecule has 2 aliphatic rings. The van der Waals surface area contributed by atoms with Gasteiger partial charge in [0.15, 0.2) is 0 Å². The molecule has 0 saturated carbocycles. The number of amides is 1. The SMILES string of the molecule is CC[C@H](C)[C@@H](N=C1NS(=O)(=O)c2ccccc21)C(=O)N1CCN(c2ccccc2F)CC1. The zero-order valence-electron chi connectivity index (χ0n) is 18.2. The maximum Gasteiger partial charge on any atom is 0.263 e. The number of piperazine rings is 1. The Balaban J connectivity index is 1.54. The summed E-state index contributed by atoms with van der Waals surface area (Å²) in [6, 6.07) is 12.6. The van der Waals surface area contributed by atoms with Gasteiger partial charge < -0.3 is 9.80 Å². The van der Waals surface area contributed by atoms with E-state index < -0.39 is 16.1 Å². The van der Waals surface area contributed by atoms with Gasteiger partial charge in [-0.3, -0.25) is 14.5 Å². The summed E-state index contributed by atoms with van der Waals surface area (Å²) in [7, 11) is -3.67. The molecule has 32 heavy (non-hydrogen) atoms. The number of aliphatic imine (C=N–C) groups is 1. The topological polar surface area (TPSA) is 82.1 Å². The number of hydrogen-bond donors (Lipinski definition) is 1. The van der Waals surface area contributed by atoms with Gasteiger partial charge in [-0.25, -0.2) is 12.8 Å². The predicted octanol–water partition coefficient (Wildman–Crippen LogP) is 2.63. The fourth-order valence-corrected chi connectivity index (χ4v) is 5.32. The number of rotatable bonds is 5. The molecular formula is C23H27FN4O3S. The van der Waals surface area contributed by atoms with Crippen LogP contribution < -0.4 is 9.62 Å². The lowest BCUT2D eigenvalue weighted by molar-refractivity contribution is -0.133. The Morgan fingerprint density at radius 1 is 1.09 bits per heavy atom. The number of halogens is 1. The molecule has 0 radical (unpaired) electrons. The van der Waals surface area contributed by atoms with Crippen LogP contribution in [0.5, 0.6) is 0 Å². The number of amidine groups is 1. The first-order valence-corrected chi connectivity index (χ1v) is 12.3. The van der Waals surface area contributed by atoms with Crippen LogP contribution in [0.15, 0.2) is 58.4 Å². The Labute approximate surface area is 188 Å². The quantitative estimate of drug-likeness (QED) is 0.747. The Morgan fingerprint density at radius 2 is 1.75 bits per heavy atom. The van der Waals surface area contributed by atoms with E-state index in [1.54, 1.807) is 41.3 Å². The molecule has 0 spiro atoms. The average Bonchev–Trinajstić information content (AvgIpc) is 3.07. The lowest BCUT2D eigenvalue weighted by Gasteiger charge is -2.37. The Hall–Kier alpha value is -2.94. The summed E-state index contributed by atoms with van der Waals surface area (Å²) in [6.45, 7) is 5.87. The second-order valence-corrected chi connectivity index (χ2v) is 9.82. The van der Waals surface area contributed by atoms with Crippen LogP contribution in [0.3, 0.4) is 0 Å². The van der Waals surface area contributed by atoms with E-state index in [1.807, 2.05) is 18.7 Å². The van der Waals surface area contributed by atoms with Gasteiger partial charge in [-0.1, -0.05) is 44.5 Å². The molecule has 0 bridgehead atoms. The number of hydrogen-bond acceptors (Lipinski definition) is 5. The summed E-state index contributed by atoms with van der Waals surface area (Å²) >= 11 is 0. The highest BCUT2D eigenvalue weighted by atomic mass is 32.2. The van der Waals surface area contributed by atoms with Crippen LogP contribution in [-0.2, 0) is 14.8 Å². The Kier molecular flexibility index (Phi) is 6.19. The van der Waals surface area contributed by atoms with E-state index in [0.717, 1.165) is 6.42 Å². The van der Waals surface area contributed by atoms with E-state index in [2.05, 4.69) is 9.71 Å². The fourth-order valence-electron chi connectivity index (χ4n) is 4.08. The van der Waals surface area contributed by atoms with Crippen molar-refractivity contribution in [3.05, 3.63) is 59.9 Å². The summed E-state index contributed by atoms with van der Waals surface area (Å²) in [5.41, 5.74) is 1.02. The van der Waals surface area contributed by atoms with Gasteiger partial charge in [0.1, 0.15) is 17.7 Å². The summed E-state index contributed by atoms with van der Waals surface area (Å²) in [5.74, 6) is -0.270. The molecule has 0 aliphatic carbocycles. The van der Waals surface area contributed by atoms with Crippen LogP contribution in [0.4, 0.5) is 10.1 Å². The highest BCUT2D eigenvalue weighted by Gasteiger charge is 2.35. The summed E-state index contributed by atoms with van der Waals surface area (Å²) in [6.07, 6.45) is 0.719. The smallest absolute Gasteiger partial charge is 0.263 e. The molecule has 2 aliphatic heterocycles. The van der Waals surface area contributed by atoms with Crippen LogP contribution in [0, 0.1) is 11.7 Å². The molecule has 1 amide bonds. The van der Waals surface area contributed by atoms with Crippen molar-refractivity contribution in [2.75, 3.05) is 31.1 Å². The molecule has 9 heteroatoms. The van der Waals surface area contributed by atoms with Crippen molar-refractivity contribution in [3.8, 4) is 0 Å². The molecule has 1 fully saturated rings. The predicted molar refractivity (Wildman–Crippen MR) is 122 cm³/mol. The van der Waals surface area contributed by atoms with Crippen molar-refractivity contribution >= 4 is 27.5 Å². The highest BCUT2D eigenvalue weighted by Crippen LogP contribution is 2.25. The van der Waals surface area contributed by atoms with Gasteiger partial charge in [0, 0.05) is 31.7 Å². The highest BCUT2D eigenvalue weighted by molar-refractivity contribution is 7.90. The van der Waals surface area contributed by atoms with Gasteiger partial charge in [-0.2, -0.15) is 0 Å². The monoisotopic (exact) mass is 458 g/mol. The van der Waals surface area contributed by atoms with E-state index in [0.29, 0.717) is 37.4 Å². The van der Waals surface area contributed by atoms with E-state index in [4.69, 9.17) is 0 Å². The third kappa shape index (κ3) is 4.21. The standard InChI is InChI=1S/C23H27FN4O3S/c1-3-16(2)21(25-22-17-8-4-7-11-20(17)32(30,31)26-22)23(29)28-14-12-27(13-15-28)19-10-6-5-9-18(19)24/h4-11,16,21H,3,12-15H2,1-2H3,(H,25,26)/t16-,21+/m0/s1. The van der Waals surface area contributed by atoms with E-state index in [9.17, 15) is 17.6 Å². The van der Waals surface area contributed by atoms with E-state index in [-0.39, 0.29) is 28.4 Å². The molecule has 2 aromatic rings. The number of fused-ring (bicyclic) bond motifs is 1. The third-order valence-electron chi connectivity index (χ3n) is 6.15. The first kappa shape index (κ1) is 22.3. The third-order valence-corrected chi connectivity index (χ3v) is 7.55. The maximum absolute atomic E-state index is 14.1.